The molecule has 0 aromatic carbocycles. The molecule has 1 heterocycles. The molecular weight excluding hydrogens is 232 g/mol. The van der Waals surface area contributed by atoms with Crippen molar-refractivity contribution in [1.29, 1.82) is 0 Å². The smallest absolute Gasteiger partial charge is 0.224 e. The van der Waals surface area contributed by atoms with Crippen molar-refractivity contribution in [3.05, 3.63) is 17.0 Å². The van der Waals surface area contributed by atoms with Crippen LogP contribution >= 0.6 is 0 Å². The summed E-state index contributed by atoms with van der Waals surface area (Å²) in [6.45, 7) is 3.63. The highest BCUT2D eigenvalue weighted by Gasteiger charge is 2.25. The zero-order valence-corrected chi connectivity index (χ0v) is 10.9. The van der Waals surface area contributed by atoms with E-state index in [1.54, 1.807) is 6.92 Å². The number of aliphatic hydroxyl groups is 1. The Hall–Kier alpha value is -1.36. The predicted molar refractivity (Wildman–Crippen MR) is 66.1 cm³/mol. The zero-order valence-electron chi connectivity index (χ0n) is 10.9. The van der Waals surface area contributed by atoms with Gasteiger partial charge in [-0.3, -0.25) is 4.79 Å². The Morgan fingerprint density at radius 2 is 2.17 bits per heavy atom. The topological polar surface area (TPSA) is 75.4 Å². The normalized spacial score (nSPS) is 23.9. The summed E-state index contributed by atoms with van der Waals surface area (Å²) in [5.41, 5.74) is 1.60. The van der Waals surface area contributed by atoms with Crippen LogP contribution in [0.15, 0.2) is 4.52 Å². The van der Waals surface area contributed by atoms with Crippen LogP contribution in [0, 0.1) is 13.8 Å². The Morgan fingerprint density at radius 3 is 2.78 bits per heavy atom. The fraction of sp³-hybridized carbons (Fsp3) is 0.692. The number of carbonyl (C=O) groups excluding carboxylic acids is 1. The highest BCUT2D eigenvalue weighted by molar-refractivity contribution is 5.79. The number of carbonyl (C=O) groups is 1. The fourth-order valence-corrected chi connectivity index (χ4v) is 2.45. The fourth-order valence-electron chi connectivity index (χ4n) is 2.45. The minimum atomic E-state index is -0.410. The second-order valence-electron chi connectivity index (χ2n) is 5.01. The van der Waals surface area contributed by atoms with E-state index in [4.69, 9.17) is 4.52 Å². The number of hydrogen-bond acceptors (Lipinski definition) is 4. The maximum atomic E-state index is 11.9. The Bertz CT molecular complexity index is 408. The largest absolute Gasteiger partial charge is 0.391 e. The van der Waals surface area contributed by atoms with E-state index in [9.17, 15) is 9.90 Å². The van der Waals surface area contributed by atoms with Gasteiger partial charge in [0.2, 0.25) is 5.91 Å². The second kappa shape index (κ2) is 5.52. The predicted octanol–water partition coefficient (Wildman–Crippen LogP) is 1.25. The van der Waals surface area contributed by atoms with Crippen molar-refractivity contribution in [1.82, 2.24) is 10.5 Å². The molecule has 1 saturated carbocycles. The van der Waals surface area contributed by atoms with Crippen LogP contribution in [0.5, 0.6) is 0 Å². The SMILES string of the molecule is Cc1noc(C)c1CC(=O)NC1CCCCC1O. The average Bonchev–Trinajstić information content (AvgIpc) is 2.64. The van der Waals surface area contributed by atoms with Gasteiger partial charge in [0.1, 0.15) is 5.76 Å². The van der Waals surface area contributed by atoms with E-state index in [0.29, 0.717) is 5.76 Å². The van der Waals surface area contributed by atoms with Crippen molar-refractivity contribution >= 4 is 5.91 Å². The van der Waals surface area contributed by atoms with E-state index < -0.39 is 6.10 Å². The molecule has 2 rings (SSSR count). The summed E-state index contributed by atoms with van der Waals surface area (Å²) in [4.78, 5) is 11.9. The van der Waals surface area contributed by atoms with E-state index >= 15 is 0 Å². The first-order chi connectivity index (χ1) is 8.58. The molecule has 2 N–H and O–H groups in total. The van der Waals surface area contributed by atoms with Crippen molar-refractivity contribution in [2.24, 2.45) is 0 Å². The van der Waals surface area contributed by atoms with Crippen LogP contribution in [0.2, 0.25) is 0 Å². The molecule has 18 heavy (non-hydrogen) atoms. The van der Waals surface area contributed by atoms with Gasteiger partial charge < -0.3 is 14.9 Å². The van der Waals surface area contributed by atoms with Crippen LogP contribution in [0.3, 0.4) is 0 Å². The van der Waals surface area contributed by atoms with Crippen molar-refractivity contribution in [2.75, 3.05) is 0 Å². The Labute approximate surface area is 107 Å². The lowest BCUT2D eigenvalue weighted by Gasteiger charge is -2.28. The van der Waals surface area contributed by atoms with Gasteiger partial charge in [-0.1, -0.05) is 18.0 Å². The van der Waals surface area contributed by atoms with Crippen molar-refractivity contribution in [3.63, 3.8) is 0 Å². The summed E-state index contributed by atoms with van der Waals surface area (Å²) in [6, 6.07) is -0.105. The highest BCUT2D eigenvalue weighted by Crippen LogP contribution is 2.19. The summed E-state index contributed by atoms with van der Waals surface area (Å²) in [5, 5.41) is 16.5. The van der Waals surface area contributed by atoms with E-state index in [2.05, 4.69) is 10.5 Å². The summed E-state index contributed by atoms with van der Waals surface area (Å²) in [5.74, 6) is 0.613. The first kappa shape index (κ1) is 13.1. The van der Waals surface area contributed by atoms with Gasteiger partial charge in [0, 0.05) is 5.56 Å². The maximum absolute atomic E-state index is 11.9. The minimum absolute atomic E-state index is 0.0737. The number of aliphatic hydroxyl groups excluding tert-OH is 1. The molecule has 0 aliphatic heterocycles. The summed E-state index contributed by atoms with van der Waals surface area (Å²) >= 11 is 0. The summed E-state index contributed by atoms with van der Waals surface area (Å²) in [7, 11) is 0. The van der Waals surface area contributed by atoms with Gasteiger partial charge in [-0.2, -0.15) is 0 Å². The van der Waals surface area contributed by atoms with E-state index in [1.165, 1.54) is 0 Å². The number of rotatable bonds is 3. The molecule has 0 bridgehead atoms. The number of nitrogens with zero attached hydrogens (tertiary/aromatic N) is 1. The number of amides is 1. The summed E-state index contributed by atoms with van der Waals surface area (Å²) < 4.78 is 5.03. The van der Waals surface area contributed by atoms with Gasteiger partial charge in [0.05, 0.1) is 24.3 Å². The molecule has 1 amide bonds. The molecule has 5 heteroatoms. The Morgan fingerprint density at radius 1 is 1.44 bits per heavy atom. The third kappa shape index (κ3) is 2.90. The molecular formula is C13H20N2O3. The van der Waals surface area contributed by atoms with Gasteiger partial charge in [-0.15, -0.1) is 0 Å². The molecule has 0 spiro atoms. The van der Waals surface area contributed by atoms with E-state index in [1.807, 2.05) is 6.92 Å². The van der Waals surface area contributed by atoms with E-state index in [0.717, 1.165) is 36.9 Å². The van der Waals surface area contributed by atoms with Crippen molar-refractivity contribution in [3.8, 4) is 0 Å². The molecule has 5 nitrogen and oxygen atoms in total. The molecule has 0 radical (unpaired) electrons. The number of hydrogen-bond donors (Lipinski definition) is 2. The highest BCUT2D eigenvalue weighted by atomic mass is 16.5. The molecule has 1 aliphatic carbocycles. The molecule has 1 aromatic heterocycles. The Balaban J connectivity index is 1.92. The van der Waals surface area contributed by atoms with Crippen LogP contribution in [0.1, 0.15) is 42.7 Å². The quantitative estimate of drug-likeness (QED) is 0.849. The zero-order chi connectivity index (χ0) is 13.1. The number of aromatic nitrogens is 1. The molecule has 0 saturated heterocycles. The van der Waals surface area contributed by atoms with Crippen molar-refractivity contribution < 1.29 is 14.4 Å². The van der Waals surface area contributed by atoms with Crippen LogP contribution < -0.4 is 5.32 Å². The molecule has 100 valence electrons. The van der Waals surface area contributed by atoms with Gasteiger partial charge in [-0.05, 0) is 26.7 Å². The van der Waals surface area contributed by atoms with Gasteiger partial charge in [0.15, 0.2) is 0 Å². The standard InChI is InChI=1S/C13H20N2O3/c1-8-10(9(2)18-15-8)7-13(17)14-11-5-3-4-6-12(11)16/h11-12,16H,3-7H2,1-2H3,(H,14,17). The molecule has 1 aliphatic rings. The average molecular weight is 252 g/mol. The maximum Gasteiger partial charge on any atom is 0.224 e. The second-order valence-corrected chi connectivity index (χ2v) is 5.01. The lowest BCUT2D eigenvalue weighted by Crippen LogP contribution is -2.45. The van der Waals surface area contributed by atoms with Crippen LogP contribution in [-0.2, 0) is 11.2 Å². The molecule has 2 unspecified atom stereocenters. The minimum Gasteiger partial charge on any atom is -0.391 e. The monoisotopic (exact) mass is 252 g/mol. The first-order valence-electron chi connectivity index (χ1n) is 6.47. The van der Waals surface area contributed by atoms with Crippen molar-refractivity contribution in [2.45, 2.75) is 58.1 Å². The number of nitrogens with one attached hydrogen (secondary N) is 1. The first-order valence-corrected chi connectivity index (χ1v) is 6.47. The van der Waals surface area contributed by atoms with Gasteiger partial charge in [0.25, 0.3) is 0 Å². The Kier molecular flexibility index (Phi) is 4.01. The van der Waals surface area contributed by atoms with Crippen LogP contribution in [0.4, 0.5) is 0 Å². The van der Waals surface area contributed by atoms with E-state index in [-0.39, 0.29) is 18.4 Å². The molecule has 2 atom stereocenters. The molecule has 1 fully saturated rings. The lowest BCUT2D eigenvalue weighted by molar-refractivity contribution is -0.122. The lowest BCUT2D eigenvalue weighted by atomic mass is 9.92. The number of aryl methyl sites for hydroxylation is 2. The third-order valence-electron chi connectivity index (χ3n) is 3.59. The van der Waals surface area contributed by atoms with Crippen LogP contribution in [-0.4, -0.2) is 28.3 Å². The van der Waals surface area contributed by atoms with Crippen LogP contribution in [0.25, 0.3) is 0 Å². The van der Waals surface area contributed by atoms with Gasteiger partial charge in [-0.25, -0.2) is 0 Å². The summed E-state index contributed by atoms with van der Waals surface area (Å²) in [6.07, 6.45) is 3.59. The molecule has 1 aromatic rings. The third-order valence-corrected chi connectivity index (χ3v) is 3.59. The van der Waals surface area contributed by atoms with Gasteiger partial charge >= 0.3 is 0 Å².